The molecule has 0 unspecified atom stereocenters. The van der Waals surface area contributed by atoms with Gasteiger partial charge in [0.1, 0.15) is 0 Å². The SMILES string of the molecule is O=C(O)c1ccc(Br)c(S(=O)(=O)Cc2cccc(Cl)c2)c1. The van der Waals surface area contributed by atoms with Crippen molar-refractivity contribution in [3.63, 3.8) is 0 Å². The van der Waals surface area contributed by atoms with Gasteiger partial charge in [-0.05, 0) is 51.8 Å². The summed E-state index contributed by atoms with van der Waals surface area (Å²) in [7, 11) is -3.69. The number of hydrogen-bond donors (Lipinski definition) is 1. The van der Waals surface area contributed by atoms with Crippen LogP contribution in [-0.4, -0.2) is 19.5 Å². The fraction of sp³-hybridized carbons (Fsp3) is 0.0714. The summed E-state index contributed by atoms with van der Waals surface area (Å²) >= 11 is 8.98. The number of halogens is 2. The van der Waals surface area contributed by atoms with Gasteiger partial charge in [-0.1, -0.05) is 23.7 Å². The second-order valence-corrected chi connectivity index (χ2v) is 7.59. The van der Waals surface area contributed by atoms with Crippen molar-refractivity contribution >= 4 is 43.3 Å². The van der Waals surface area contributed by atoms with Gasteiger partial charge >= 0.3 is 5.97 Å². The van der Waals surface area contributed by atoms with Crippen LogP contribution in [0, 0.1) is 0 Å². The number of carbonyl (C=O) groups is 1. The Morgan fingerprint density at radius 2 is 1.90 bits per heavy atom. The van der Waals surface area contributed by atoms with Crippen LogP contribution in [0.1, 0.15) is 15.9 Å². The first kappa shape index (κ1) is 16.0. The van der Waals surface area contributed by atoms with Crippen LogP contribution in [0.3, 0.4) is 0 Å². The Morgan fingerprint density at radius 1 is 1.19 bits per heavy atom. The Kier molecular flexibility index (Phi) is 4.70. The van der Waals surface area contributed by atoms with Crippen molar-refractivity contribution in [2.75, 3.05) is 0 Å². The predicted molar refractivity (Wildman–Crippen MR) is 83.4 cm³/mol. The number of carboxylic acids is 1. The summed E-state index contributed by atoms with van der Waals surface area (Å²) in [6, 6.07) is 10.4. The van der Waals surface area contributed by atoms with E-state index in [-0.39, 0.29) is 16.2 Å². The molecule has 0 aliphatic heterocycles. The zero-order chi connectivity index (χ0) is 15.6. The van der Waals surface area contributed by atoms with Crippen LogP contribution in [0.15, 0.2) is 51.8 Å². The van der Waals surface area contributed by atoms with Crippen molar-refractivity contribution in [3.05, 3.63) is 63.1 Å². The number of benzene rings is 2. The molecular weight excluding hydrogens is 380 g/mol. The molecule has 7 heteroatoms. The third-order valence-corrected chi connectivity index (χ3v) is 5.67. The first-order valence-electron chi connectivity index (χ1n) is 5.79. The molecule has 21 heavy (non-hydrogen) atoms. The highest BCUT2D eigenvalue weighted by Gasteiger charge is 2.20. The summed E-state index contributed by atoms with van der Waals surface area (Å²) in [4.78, 5) is 10.9. The Morgan fingerprint density at radius 3 is 2.52 bits per heavy atom. The van der Waals surface area contributed by atoms with Crippen LogP contribution < -0.4 is 0 Å². The van der Waals surface area contributed by atoms with E-state index in [1.165, 1.54) is 12.1 Å². The monoisotopic (exact) mass is 388 g/mol. The molecule has 2 aromatic rings. The Balaban J connectivity index is 2.44. The summed E-state index contributed by atoms with van der Waals surface area (Å²) in [5.41, 5.74) is 0.456. The van der Waals surface area contributed by atoms with E-state index in [2.05, 4.69) is 15.9 Å². The van der Waals surface area contributed by atoms with Crippen LogP contribution in [0.2, 0.25) is 5.02 Å². The van der Waals surface area contributed by atoms with Gasteiger partial charge in [-0.15, -0.1) is 0 Å². The van der Waals surface area contributed by atoms with Gasteiger partial charge in [-0.3, -0.25) is 0 Å². The molecule has 0 radical (unpaired) electrons. The minimum Gasteiger partial charge on any atom is -0.478 e. The minimum absolute atomic E-state index is 0.0534. The van der Waals surface area contributed by atoms with Gasteiger partial charge < -0.3 is 5.11 Å². The van der Waals surface area contributed by atoms with E-state index in [1.807, 2.05) is 0 Å². The second kappa shape index (κ2) is 6.17. The molecule has 0 spiro atoms. The average molecular weight is 390 g/mol. The Bertz CT molecular complexity index is 802. The van der Waals surface area contributed by atoms with Gasteiger partial charge in [-0.2, -0.15) is 0 Å². The number of rotatable bonds is 4. The third-order valence-electron chi connectivity index (χ3n) is 2.76. The Hall–Kier alpha value is -1.37. The van der Waals surface area contributed by atoms with E-state index in [9.17, 15) is 13.2 Å². The lowest BCUT2D eigenvalue weighted by atomic mass is 10.2. The molecule has 0 fully saturated rings. The van der Waals surface area contributed by atoms with Gasteiger partial charge in [0.15, 0.2) is 9.84 Å². The maximum absolute atomic E-state index is 12.4. The standard InChI is InChI=1S/C14H10BrClO4S/c15-12-5-4-10(14(17)18)7-13(12)21(19,20)8-9-2-1-3-11(16)6-9/h1-7H,8H2,(H,17,18). The van der Waals surface area contributed by atoms with E-state index in [0.29, 0.717) is 15.1 Å². The molecule has 0 aliphatic rings. The van der Waals surface area contributed by atoms with Crippen LogP contribution in [0.4, 0.5) is 0 Å². The van der Waals surface area contributed by atoms with Crippen molar-refractivity contribution in [2.24, 2.45) is 0 Å². The van der Waals surface area contributed by atoms with Crippen LogP contribution in [0.5, 0.6) is 0 Å². The van der Waals surface area contributed by atoms with Crippen molar-refractivity contribution in [3.8, 4) is 0 Å². The molecule has 0 amide bonds. The van der Waals surface area contributed by atoms with Crippen molar-refractivity contribution < 1.29 is 18.3 Å². The van der Waals surface area contributed by atoms with E-state index in [1.54, 1.807) is 24.3 Å². The van der Waals surface area contributed by atoms with Crippen LogP contribution >= 0.6 is 27.5 Å². The van der Waals surface area contributed by atoms with Crippen LogP contribution in [-0.2, 0) is 15.6 Å². The van der Waals surface area contributed by atoms with Gasteiger partial charge in [-0.25, -0.2) is 13.2 Å². The van der Waals surface area contributed by atoms with Crippen molar-refractivity contribution in [1.82, 2.24) is 0 Å². The topological polar surface area (TPSA) is 71.4 Å². The lowest BCUT2D eigenvalue weighted by Gasteiger charge is -2.08. The highest BCUT2D eigenvalue weighted by atomic mass is 79.9. The molecule has 110 valence electrons. The molecule has 2 aromatic carbocycles. The quantitative estimate of drug-likeness (QED) is 0.864. The lowest BCUT2D eigenvalue weighted by molar-refractivity contribution is 0.0696. The molecule has 0 bridgehead atoms. The van der Waals surface area contributed by atoms with Gasteiger partial charge in [0.2, 0.25) is 0 Å². The highest BCUT2D eigenvalue weighted by molar-refractivity contribution is 9.10. The van der Waals surface area contributed by atoms with Gasteiger partial charge in [0, 0.05) is 9.50 Å². The zero-order valence-electron chi connectivity index (χ0n) is 10.6. The number of aromatic carboxylic acids is 1. The molecular formula is C14H10BrClO4S. The second-order valence-electron chi connectivity index (χ2n) is 4.34. The van der Waals surface area contributed by atoms with E-state index in [4.69, 9.17) is 16.7 Å². The highest BCUT2D eigenvalue weighted by Crippen LogP contribution is 2.27. The molecule has 4 nitrogen and oxygen atoms in total. The average Bonchev–Trinajstić information content (AvgIpc) is 2.38. The predicted octanol–water partition coefficient (Wildman–Crippen LogP) is 3.77. The summed E-state index contributed by atoms with van der Waals surface area (Å²) in [5.74, 6) is -1.43. The molecule has 0 saturated carbocycles. The molecule has 0 saturated heterocycles. The summed E-state index contributed by atoms with van der Waals surface area (Å²) in [6.07, 6.45) is 0. The first-order valence-corrected chi connectivity index (χ1v) is 8.62. The van der Waals surface area contributed by atoms with Gasteiger partial charge in [0.25, 0.3) is 0 Å². The molecule has 0 atom stereocenters. The fourth-order valence-corrected chi connectivity index (χ4v) is 4.44. The minimum atomic E-state index is -3.69. The fourth-order valence-electron chi connectivity index (χ4n) is 1.80. The molecule has 2 rings (SSSR count). The first-order chi connectivity index (χ1) is 9.79. The zero-order valence-corrected chi connectivity index (χ0v) is 13.7. The molecule has 0 aromatic heterocycles. The van der Waals surface area contributed by atoms with Crippen LogP contribution in [0.25, 0.3) is 0 Å². The van der Waals surface area contributed by atoms with Crippen molar-refractivity contribution in [2.45, 2.75) is 10.6 Å². The van der Waals surface area contributed by atoms with Gasteiger partial charge in [0.05, 0.1) is 16.2 Å². The summed E-state index contributed by atoms with van der Waals surface area (Å²) in [6.45, 7) is 0. The largest absolute Gasteiger partial charge is 0.478 e. The number of carboxylic acid groups (broad SMARTS) is 1. The Labute approximate surface area is 135 Å². The maximum atomic E-state index is 12.4. The lowest BCUT2D eigenvalue weighted by Crippen LogP contribution is -2.08. The summed E-state index contributed by atoms with van der Waals surface area (Å²) < 4.78 is 25.2. The number of sulfone groups is 1. The maximum Gasteiger partial charge on any atom is 0.335 e. The third kappa shape index (κ3) is 3.84. The van der Waals surface area contributed by atoms with E-state index < -0.39 is 15.8 Å². The van der Waals surface area contributed by atoms with E-state index >= 15 is 0 Å². The van der Waals surface area contributed by atoms with E-state index in [0.717, 1.165) is 6.07 Å². The smallest absolute Gasteiger partial charge is 0.335 e. The number of hydrogen-bond acceptors (Lipinski definition) is 3. The molecule has 1 N–H and O–H groups in total. The van der Waals surface area contributed by atoms with Crippen molar-refractivity contribution in [1.29, 1.82) is 0 Å². The molecule has 0 aliphatic carbocycles. The normalized spacial score (nSPS) is 11.3. The summed E-state index contributed by atoms with van der Waals surface area (Å²) in [5, 5.41) is 9.41. The molecule has 0 heterocycles.